The number of carbonyl (C=O) groups is 1. The third kappa shape index (κ3) is 6.62. The molecule has 0 spiro atoms. The molecule has 0 aromatic rings. The third-order valence-electron chi connectivity index (χ3n) is 3.45. The second kappa shape index (κ2) is 9.60. The van der Waals surface area contributed by atoms with Gasteiger partial charge in [0.25, 0.3) is 0 Å². The number of carbonyl (C=O) groups excluding carboxylic acids is 1. The first-order chi connectivity index (χ1) is 12.7. The molecule has 1 saturated heterocycles. The Hall–Kier alpha value is -0.740. The first-order valence-electron chi connectivity index (χ1n) is 7.60. The summed E-state index contributed by atoms with van der Waals surface area (Å²) in [6.45, 7) is 5.67. The number of Topliss-reactive ketones (excluding diaryl/α,β-unsaturated/α-hetero) is 1. The van der Waals surface area contributed by atoms with Crippen LogP contribution in [-0.4, -0.2) is 72.5 Å². The van der Waals surface area contributed by atoms with E-state index in [1.54, 1.807) is 0 Å². The van der Waals surface area contributed by atoms with E-state index in [0.29, 0.717) is 16.7 Å². The van der Waals surface area contributed by atoms with Gasteiger partial charge in [0.1, 0.15) is 11.5 Å². The molecular weight excluding hydrogens is 471 g/mol. The predicted octanol–water partition coefficient (Wildman–Crippen LogP) is 2.82. The van der Waals surface area contributed by atoms with Crippen LogP contribution >= 0.6 is 0 Å². The number of hydrogen-bond donors (Lipinski definition) is 0. The third-order valence-corrected chi connectivity index (χ3v) is 6.52. The van der Waals surface area contributed by atoms with Gasteiger partial charge in [-0.25, -0.2) is 8.42 Å². The van der Waals surface area contributed by atoms with Crippen LogP contribution in [0.15, 0.2) is 0 Å². The largest absolute Gasteiger partial charge is 0.743 e. The van der Waals surface area contributed by atoms with Crippen molar-refractivity contribution in [3.8, 4) is 0 Å². The molecule has 29 heavy (non-hydrogen) atoms. The maximum Gasteiger partial charge on any atom is 0.460 e. The van der Waals surface area contributed by atoms with Crippen LogP contribution in [0.3, 0.4) is 0 Å². The minimum atomic E-state index is -7.43. The highest BCUT2D eigenvalue weighted by Gasteiger charge is 2.83. The van der Waals surface area contributed by atoms with Crippen molar-refractivity contribution in [3.63, 3.8) is 0 Å². The highest BCUT2D eigenvalue weighted by molar-refractivity contribution is 7.97. The molecule has 1 aliphatic heterocycles. The predicted molar refractivity (Wildman–Crippen MR) is 83.2 cm³/mol. The first-order valence-corrected chi connectivity index (χ1v) is 10.7. The smallest absolute Gasteiger partial charge is 0.460 e. The molecule has 0 N–H and O–H groups in total. The molecule has 0 aromatic heterocycles. The van der Waals surface area contributed by atoms with Crippen LogP contribution in [0.1, 0.15) is 13.8 Å². The average Bonchev–Trinajstić information content (AvgIpc) is 2.53. The van der Waals surface area contributed by atoms with E-state index in [-0.39, 0.29) is 5.92 Å². The van der Waals surface area contributed by atoms with E-state index in [0.717, 1.165) is 30.5 Å². The van der Waals surface area contributed by atoms with Crippen molar-refractivity contribution in [1.29, 1.82) is 0 Å². The van der Waals surface area contributed by atoms with Crippen LogP contribution in [0.4, 0.5) is 39.5 Å². The van der Waals surface area contributed by atoms with Gasteiger partial charge in [0, 0.05) is 5.92 Å². The molecule has 0 amide bonds. The Morgan fingerprint density at radius 1 is 0.966 bits per heavy atom. The van der Waals surface area contributed by atoms with Crippen molar-refractivity contribution >= 4 is 26.8 Å². The monoisotopic (exact) mass is 488 g/mol. The topological polar surface area (TPSA) is 83.5 Å². The van der Waals surface area contributed by atoms with E-state index in [9.17, 15) is 57.3 Å². The fraction of sp³-hybridized carbons (Fsp3) is 0.923. The molecule has 0 atom stereocenters. The molecule has 1 rings (SSSR count). The Morgan fingerprint density at radius 2 is 1.38 bits per heavy atom. The Morgan fingerprint density at radius 3 is 1.69 bits per heavy atom. The Bertz CT molecular complexity index is 656. The summed E-state index contributed by atoms with van der Waals surface area (Å²) in [5.74, 6) is -11.2. The molecule has 5 nitrogen and oxygen atoms in total. The van der Waals surface area contributed by atoms with Crippen molar-refractivity contribution in [2.45, 2.75) is 37.1 Å². The molecule has 1 aliphatic rings. The molecule has 16 heteroatoms. The van der Waals surface area contributed by atoms with E-state index in [1.807, 2.05) is 13.8 Å². The normalized spacial score (nSPS) is 17.7. The summed E-state index contributed by atoms with van der Waals surface area (Å²) in [6, 6.07) is 0. The fourth-order valence-electron chi connectivity index (χ4n) is 1.59. The van der Waals surface area contributed by atoms with Crippen molar-refractivity contribution in [2.24, 2.45) is 5.92 Å². The lowest BCUT2D eigenvalue weighted by atomic mass is 10.1. The van der Waals surface area contributed by atoms with Crippen molar-refractivity contribution in [1.82, 2.24) is 0 Å². The quantitative estimate of drug-likeness (QED) is 0.326. The van der Waals surface area contributed by atoms with E-state index in [2.05, 4.69) is 0 Å². The van der Waals surface area contributed by atoms with Crippen LogP contribution in [0.25, 0.3) is 0 Å². The second-order valence-electron chi connectivity index (χ2n) is 6.02. The number of hydrogen-bond acceptors (Lipinski definition) is 5. The number of halogens is 9. The molecule has 174 valence electrons. The van der Waals surface area contributed by atoms with Gasteiger partial charge in [-0.15, -0.1) is 0 Å². The molecule has 1 heterocycles. The van der Waals surface area contributed by atoms with Gasteiger partial charge in [0.05, 0.1) is 13.2 Å². The van der Waals surface area contributed by atoms with Gasteiger partial charge in [0.2, 0.25) is 0 Å². The lowest BCUT2D eigenvalue weighted by Gasteiger charge is -2.34. The van der Waals surface area contributed by atoms with E-state index in [1.165, 1.54) is 0 Å². The standard InChI is InChI=1S/C9H17O2S.C4HF9O3S/c1-8(2)9(10)7-12-5-3-11-4-6-12;5-1(6,3(9,10)11)2(7,8)4(12,13)17(14,15)16/h8H,3-7H2,1-2H3;(H,14,15,16)/q+1;/p-1. The Kier molecular flexibility index (Phi) is 9.35. The van der Waals surface area contributed by atoms with Crippen LogP contribution in [0.5, 0.6) is 0 Å². The minimum Gasteiger partial charge on any atom is -0.743 e. The van der Waals surface area contributed by atoms with Gasteiger partial charge in [-0.2, -0.15) is 39.5 Å². The molecule has 0 radical (unpaired) electrons. The Labute approximate surface area is 163 Å². The summed E-state index contributed by atoms with van der Waals surface area (Å²) in [4.78, 5) is 11.4. The number of rotatable bonds is 6. The number of ketones is 1. The van der Waals surface area contributed by atoms with Gasteiger partial charge in [-0.1, -0.05) is 13.8 Å². The number of ether oxygens (including phenoxy) is 1. The fourth-order valence-corrected chi connectivity index (χ4v) is 3.97. The molecule has 0 unspecified atom stereocenters. The molecular formula is C13H17F9O5S2. The summed E-state index contributed by atoms with van der Waals surface area (Å²) in [5.41, 5.74) is 0. The van der Waals surface area contributed by atoms with Crippen molar-refractivity contribution in [3.05, 3.63) is 0 Å². The van der Waals surface area contributed by atoms with Crippen molar-refractivity contribution < 1.29 is 62.0 Å². The maximum absolute atomic E-state index is 12.2. The zero-order chi connectivity index (χ0) is 23.5. The van der Waals surface area contributed by atoms with E-state index >= 15 is 0 Å². The van der Waals surface area contributed by atoms with Crippen LogP contribution in [0, 0.1) is 5.92 Å². The average molecular weight is 488 g/mol. The zero-order valence-electron chi connectivity index (χ0n) is 14.9. The molecule has 0 saturated carbocycles. The summed E-state index contributed by atoms with van der Waals surface area (Å²) < 4.78 is 141. The van der Waals surface area contributed by atoms with Gasteiger partial charge in [-0.05, 0) is 10.9 Å². The molecule has 0 bridgehead atoms. The van der Waals surface area contributed by atoms with Gasteiger partial charge in [-0.3, -0.25) is 4.79 Å². The number of alkyl halides is 9. The van der Waals surface area contributed by atoms with Crippen molar-refractivity contribution in [2.75, 3.05) is 30.5 Å². The van der Waals surface area contributed by atoms with Gasteiger partial charge >= 0.3 is 23.3 Å². The maximum atomic E-state index is 12.2. The summed E-state index contributed by atoms with van der Waals surface area (Å²) in [7, 11) is -7.09. The summed E-state index contributed by atoms with van der Waals surface area (Å²) in [5, 5.41) is -7.11. The molecule has 0 aromatic carbocycles. The van der Waals surface area contributed by atoms with Crippen LogP contribution < -0.4 is 0 Å². The zero-order valence-corrected chi connectivity index (χ0v) is 16.5. The summed E-state index contributed by atoms with van der Waals surface area (Å²) in [6.07, 6.45) is -7.16. The van der Waals surface area contributed by atoms with Crippen LogP contribution in [0.2, 0.25) is 0 Å². The SMILES string of the molecule is CC(C)C(=O)C[S+]1CCOCC1.O=S(=O)([O-])C(F)(F)C(F)(F)C(F)(F)C(F)(F)F. The second-order valence-corrected chi connectivity index (χ2v) is 9.77. The highest BCUT2D eigenvalue weighted by Crippen LogP contribution is 2.54. The Balaban J connectivity index is 0.000000571. The molecule has 1 fully saturated rings. The van der Waals surface area contributed by atoms with Gasteiger partial charge in [0.15, 0.2) is 21.7 Å². The minimum absolute atomic E-state index is 0.209. The van der Waals surface area contributed by atoms with Gasteiger partial charge < -0.3 is 9.29 Å². The highest BCUT2D eigenvalue weighted by atomic mass is 32.2. The summed E-state index contributed by atoms with van der Waals surface area (Å²) >= 11 is 0. The van der Waals surface area contributed by atoms with E-state index < -0.39 is 33.4 Å². The van der Waals surface area contributed by atoms with Crippen LogP contribution in [-0.2, 0) is 30.5 Å². The lowest BCUT2D eigenvalue weighted by molar-refractivity contribution is -0.382. The first kappa shape index (κ1) is 28.3. The lowest BCUT2D eigenvalue weighted by Crippen LogP contribution is -2.63. The molecule has 0 aliphatic carbocycles. The van der Waals surface area contributed by atoms with E-state index in [4.69, 9.17) is 4.74 Å².